The lowest BCUT2D eigenvalue weighted by Crippen LogP contribution is -2.32. The number of pyridine rings is 1. The fourth-order valence-electron chi connectivity index (χ4n) is 2.87. The van der Waals surface area contributed by atoms with E-state index in [0.29, 0.717) is 22.5 Å². The third-order valence-electron chi connectivity index (χ3n) is 4.61. The molecule has 0 atom stereocenters. The lowest BCUT2D eigenvalue weighted by Gasteiger charge is -2.15. The molecular formula is C17H18N4O3S. The zero-order valence-electron chi connectivity index (χ0n) is 14.3. The summed E-state index contributed by atoms with van der Waals surface area (Å²) in [6.07, 6.45) is 1.67. The van der Waals surface area contributed by atoms with Crippen molar-refractivity contribution in [3.05, 3.63) is 35.7 Å². The maximum absolute atomic E-state index is 12.7. The van der Waals surface area contributed by atoms with Crippen LogP contribution in [0, 0.1) is 13.8 Å². The van der Waals surface area contributed by atoms with Crippen LogP contribution in [0.3, 0.4) is 0 Å². The van der Waals surface area contributed by atoms with Crippen LogP contribution < -0.4 is 10.1 Å². The van der Waals surface area contributed by atoms with Crippen molar-refractivity contribution >= 4 is 32.2 Å². The number of anilines is 2. The number of hydrogen-bond donors (Lipinski definition) is 2. The van der Waals surface area contributed by atoms with Crippen molar-refractivity contribution in [3.63, 3.8) is 0 Å². The predicted octanol–water partition coefficient (Wildman–Crippen LogP) is 3.22. The number of sulfone groups is 1. The molecule has 3 heterocycles. The minimum atomic E-state index is -3.57. The topological polar surface area (TPSA) is 97.0 Å². The highest BCUT2D eigenvalue weighted by molar-refractivity contribution is 7.93. The summed E-state index contributed by atoms with van der Waals surface area (Å²) >= 11 is 0. The van der Waals surface area contributed by atoms with Crippen LogP contribution in [0.2, 0.25) is 0 Å². The van der Waals surface area contributed by atoms with Gasteiger partial charge in [-0.1, -0.05) is 0 Å². The number of ether oxygens (including phenoxy) is 1. The van der Waals surface area contributed by atoms with E-state index in [1.165, 1.54) is 0 Å². The average molecular weight is 358 g/mol. The van der Waals surface area contributed by atoms with Gasteiger partial charge in [-0.05, 0) is 39.8 Å². The number of aryl methyl sites for hydroxylation is 1. The monoisotopic (exact) mass is 358 g/mol. The summed E-state index contributed by atoms with van der Waals surface area (Å²) in [4.78, 5) is 3.25. The molecule has 1 aliphatic rings. The Hall–Kier alpha value is -2.61. The number of aromatic nitrogens is 3. The molecule has 1 aliphatic heterocycles. The third-order valence-corrected chi connectivity index (χ3v) is 6.88. The van der Waals surface area contributed by atoms with Crippen molar-refractivity contribution in [2.75, 3.05) is 5.32 Å². The molecule has 0 amide bonds. The van der Waals surface area contributed by atoms with Gasteiger partial charge in [0, 0.05) is 28.9 Å². The van der Waals surface area contributed by atoms with Gasteiger partial charge >= 0.3 is 0 Å². The van der Waals surface area contributed by atoms with Gasteiger partial charge in [0.1, 0.15) is 10.6 Å². The third kappa shape index (κ3) is 2.21. The number of aromatic amines is 1. The Labute approximate surface area is 145 Å². The number of benzene rings is 1. The highest BCUT2D eigenvalue weighted by Gasteiger charge is 2.46. The van der Waals surface area contributed by atoms with Crippen LogP contribution in [0.5, 0.6) is 5.75 Å². The second-order valence-electron chi connectivity index (χ2n) is 6.63. The predicted molar refractivity (Wildman–Crippen MR) is 95.0 cm³/mol. The Morgan fingerprint density at radius 1 is 1.24 bits per heavy atom. The van der Waals surface area contributed by atoms with Crippen LogP contribution in [-0.4, -0.2) is 28.5 Å². The minimum absolute atomic E-state index is 0.191. The summed E-state index contributed by atoms with van der Waals surface area (Å²) in [5.74, 6) is 1.04. The fourth-order valence-corrected chi connectivity index (χ4v) is 4.24. The van der Waals surface area contributed by atoms with E-state index in [1.54, 1.807) is 38.2 Å². The first kappa shape index (κ1) is 15.9. The summed E-state index contributed by atoms with van der Waals surface area (Å²) in [5.41, 5.74) is 3.37. The number of nitrogens with zero attached hydrogens (tertiary/aromatic N) is 2. The molecule has 0 bridgehead atoms. The van der Waals surface area contributed by atoms with Gasteiger partial charge in [0.25, 0.3) is 0 Å². The number of rotatable bonds is 2. The number of fused-ring (bicyclic) bond motifs is 2. The van der Waals surface area contributed by atoms with Crippen LogP contribution in [0.1, 0.15) is 25.1 Å². The van der Waals surface area contributed by atoms with E-state index in [9.17, 15) is 8.42 Å². The number of H-pyrrole nitrogens is 1. The van der Waals surface area contributed by atoms with Crippen molar-refractivity contribution < 1.29 is 13.2 Å². The Bertz CT molecular complexity index is 1120. The molecule has 4 rings (SSSR count). The van der Waals surface area contributed by atoms with Crippen LogP contribution in [0.15, 0.2) is 29.3 Å². The van der Waals surface area contributed by atoms with Crippen molar-refractivity contribution in [2.24, 2.45) is 0 Å². The number of nitrogens with one attached hydrogen (secondary N) is 2. The van der Waals surface area contributed by atoms with Gasteiger partial charge in [0.05, 0.1) is 11.2 Å². The van der Waals surface area contributed by atoms with Crippen LogP contribution >= 0.6 is 0 Å². The van der Waals surface area contributed by atoms with E-state index in [-0.39, 0.29) is 4.90 Å². The molecule has 0 spiro atoms. The van der Waals surface area contributed by atoms with Crippen molar-refractivity contribution in [3.8, 4) is 5.75 Å². The Kier molecular flexibility index (Phi) is 3.15. The van der Waals surface area contributed by atoms with Crippen molar-refractivity contribution in [1.29, 1.82) is 0 Å². The first-order valence-electron chi connectivity index (χ1n) is 7.86. The minimum Gasteiger partial charge on any atom is -0.470 e. The van der Waals surface area contributed by atoms with Crippen LogP contribution in [0.25, 0.3) is 10.9 Å². The second-order valence-corrected chi connectivity index (χ2v) is 9.06. The first-order valence-corrected chi connectivity index (χ1v) is 9.34. The second kappa shape index (κ2) is 4.95. The largest absolute Gasteiger partial charge is 0.470 e. The van der Waals surface area contributed by atoms with E-state index in [0.717, 1.165) is 16.9 Å². The molecule has 0 radical (unpaired) electrons. The lowest BCUT2D eigenvalue weighted by atomic mass is 10.1. The van der Waals surface area contributed by atoms with E-state index >= 15 is 0 Å². The molecule has 0 aliphatic carbocycles. The molecule has 3 aromatic rings. The average Bonchev–Trinajstić information content (AvgIpc) is 2.94. The summed E-state index contributed by atoms with van der Waals surface area (Å²) in [5, 5.41) is 11.1. The molecule has 2 N–H and O–H groups in total. The van der Waals surface area contributed by atoms with E-state index < -0.39 is 14.8 Å². The summed E-state index contributed by atoms with van der Waals surface area (Å²) in [6, 6.07) is 5.09. The fraction of sp³-hybridized carbons (Fsp3) is 0.294. The Morgan fingerprint density at radius 3 is 2.68 bits per heavy atom. The SMILES string of the molecule is Cc1[nH]nc(Nc2ccnc3cc4c(cc23)S(=O)(=O)C(C)(C)O4)c1C. The number of hydrogen-bond acceptors (Lipinski definition) is 6. The van der Waals surface area contributed by atoms with E-state index in [4.69, 9.17) is 4.74 Å². The molecule has 130 valence electrons. The van der Waals surface area contributed by atoms with Crippen LogP contribution in [-0.2, 0) is 9.84 Å². The highest BCUT2D eigenvalue weighted by atomic mass is 32.2. The van der Waals surface area contributed by atoms with E-state index in [1.807, 2.05) is 13.8 Å². The first-order chi connectivity index (χ1) is 11.7. The van der Waals surface area contributed by atoms with Gasteiger partial charge in [0.2, 0.25) is 14.8 Å². The molecule has 0 fully saturated rings. The molecule has 1 aromatic carbocycles. The van der Waals surface area contributed by atoms with Gasteiger partial charge in [-0.2, -0.15) is 5.10 Å². The molecule has 25 heavy (non-hydrogen) atoms. The van der Waals surface area contributed by atoms with Gasteiger partial charge in [-0.3, -0.25) is 10.1 Å². The Morgan fingerprint density at radius 2 is 2.00 bits per heavy atom. The quantitative estimate of drug-likeness (QED) is 0.730. The van der Waals surface area contributed by atoms with Gasteiger partial charge < -0.3 is 10.1 Å². The molecule has 0 saturated heterocycles. The zero-order chi connectivity index (χ0) is 18.0. The molecule has 8 heteroatoms. The van der Waals surface area contributed by atoms with Crippen molar-refractivity contribution in [2.45, 2.75) is 37.5 Å². The summed E-state index contributed by atoms with van der Waals surface area (Å²) in [6.45, 7) is 7.00. The van der Waals surface area contributed by atoms with E-state index in [2.05, 4.69) is 20.5 Å². The molecule has 0 unspecified atom stereocenters. The smallest absolute Gasteiger partial charge is 0.222 e. The normalized spacial score (nSPS) is 17.3. The van der Waals surface area contributed by atoms with Gasteiger partial charge in [0.15, 0.2) is 5.82 Å². The van der Waals surface area contributed by atoms with Crippen molar-refractivity contribution in [1.82, 2.24) is 15.2 Å². The molecule has 2 aromatic heterocycles. The maximum atomic E-state index is 12.7. The molecule has 0 saturated carbocycles. The lowest BCUT2D eigenvalue weighted by molar-refractivity contribution is 0.205. The molecular weight excluding hydrogens is 340 g/mol. The van der Waals surface area contributed by atoms with Gasteiger partial charge in [-0.25, -0.2) is 8.42 Å². The zero-order valence-corrected chi connectivity index (χ0v) is 15.2. The maximum Gasteiger partial charge on any atom is 0.222 e. The Balaban J connectivity index is 1.90. The summed E-state index contributed by atoms with van der Waals surface area (Å²) in [7, 11) is -3.57. The van der Waals surface area contributed by atoms with Gasteiger partial charge in [-0.15, -0.1) is 0 Å². The van der Waals surface area contributed by atoms with Crippen LogP contribution in [0.4, 0.5) is 11.5 Å². The highest BCUT2D eigenvalue weighted by Crippen LogP contribution is 2.44. The standard InChI is InChI=1S/C17H18N4O3S/c1-9-10(2)20-21-16(9)19-12-5-6-18-13-8-14-15(7-11(12)13)25(22,23)17(3,4)24-14/h5-8H,1-4H3,(H2,18,19,20,21). The molecule has 7 nitrogen and oxygen atoms in total. The summed E-state index contributed by atoms with van der Waals surface area (Å²) < 4.78 is 31.0.